The third kappa shape index (κ3) is 8.15. The Morgan fingerprint density at radius 1 is 1.19 bits per heavy atom. The molecule has 12 nitrogen and oxygen atoms in total. The van der Waals surface area contributed by atoms with Crippen LogP contribution in [-0.2, 0) is 27.3 Å². The number of likely N-dealkylation sites (N-methyl/N-ethyl adjacent to an activating group) is 1. The number of H-pyrrole nitrogens is 1. The van der Waals surface area contributed by atoms with Crippen molar-refractivity contribution in [3.8, 4) is 0 Å². The van der Waals surface area contributed by atoms with Crippen molar-refractivity contribution >= 4 is 46.2 Å². The van der Waals surface area contributed by atoms with Crippen molar-refractivity contribution in [1.29, 1.82) is 0 Å². The zero-order chi connectivity index (χ0) is 31.1. The van der Waals surface area contributed by atoms with Crippen LogP contribution in [0.4, 0.5) is 14.9 Å². The van der Waals surface area contributed by atoms with Crippen LogP contribution in [0.1, 0.15) is 38.2 Å². The number of ether oxygens (including phenoxy) is 1. The molecule has 0 aliphatic rings. The van der Waals surface area contributed by atoms with Crippen LogP contribution in [0, 0.1) is 11.7 Å². The van der Waals surface area contributed by atoms with Crippen molar-refractivity contribution < 1.29 is 23.5 Å². The average Bonchev–Trinajstić information content (AvgIpc) is 3.36. The highest BCUT2D eigenvalue weighted by molar-refractivity contribution is 6.29. The number of allylic oxidation sites excluding steroid dienone is 1. The summed E-state index contributed by atoms with van der Waals surface area (Å²) in [6, 6.07) is 2.76. The lowest BCUT2D eigenvalue weighted by Crippen LogP contribution is -2.37. The molecular formula is C28H35ClFN7O5. The van der Waals surface area contributed by atoms with Gasteiger partial charge in [0.25, 0.3) is 11.5 Å². The normalized spacial score (nSPS) is 12.1. The first kappa shape index (κ1) is 32.3. The summed E-state index contributed by atoms with van der Waals surface area (Å²) < 4.78 is 21.0. The highest BCUT2D eigenvalue weighted by Gasteiger charge is 2.25. The minimum absolute atomic E-state index is 0.0572. The molecule has 42 heavy (non-hydrogen) atoms. The molecule has 14 heteroatoms. The van der Waals surface area contributed by atoms with E-state index in [1.54, 1.807) is 20.2 Å². The number of carbonyl (C=O) groups is 3. The monoisotopic (exact) mass is 603 g/mol. The number of nitrogens with zero attached hydrogens (tertiary/aromatic N) is 5. The Hall–Kier alpha value is -4.26. The van der Waals surface area contributed by atoms with Crippen molar-refractivity contribution in [2.24, 2.45) is 5.92 Å². The predicted octanol–water partition coefficient (Wildman–Crippen LogP) is 3.59. The Balaban J connectivity index is 1.85. The molecule has 3 heterocycles. The summed E-state index contributed by atoms with van der Waals surface area (Å²) in [5, 5.41) is 2.58. The van der Waals surface area contributed by atoms with Gasteiger partial charge in [0.2, 0.25) is 5.91 Å². The van der Waals surface area contributed by atoms with Gasteiger partial charge in [0.1, 0.15) is 22.2 Å². The number of hydrogen-bond donors (Lipinski definition) is 2. The molecule has 226 valence electrons. The van der Waals surface area contributed by atoms with Gasteiger partial charge >= 0.3 is 6.09 Å². The number of fused-ring (bicyclic) bond motifs is 1. The average molecular weight is 604 g/mol. The van der Waals surface area contributed by atoms with E-state index in [0.717, 1.165) is 6.20 Å². The molecule has 0 aromatic carbocycles. The van der Waals surface area contributed by atoms with Gasteiger partial charge in [0, 0.05) is 28.2 Å². The number of pyridine rings is 2. The van der Waals surface area contributed by atoms with Gasteiger partial charge in [-0.25, -0.2) is 14.2 Å². The maximum absolute atomic E-state index is 14.5. The smallest absolute Gasteiger partial charge is 0.410 e. The molecule has 3 amide bonds. The third-order valence-electron chi connectivity index (χ3n) is 6.09. The lowest BCUT2D eigenvalue weighted by Gasteiger charge is -2.20. The molecule has 1 unspecified atom stereocenters. The van der Waals surface area contributed by atoms with Crippen LogP contribution in [0.5, 0.6) is 0 Å². The van der Waals surface area contributed by atoms with Crippen LogP contribution < -0.4 is 10.9 Å². The fraction of sp³-hybridized carbons (Fsp3) is 0.429. The van der Waals surface area contributed by atoms with Crippen LogP contribution in [0.15, 0.2) is 35.3 Å². The number of amides is 3. The molecule has 1 atom stereocenters. The van der Waals surface area contributed by atoms with E-state index >= 15 is 0 Å². The summed E-state index contributed by atoms with van der Waals surface area (Å²) in [5.74, 6) is -1.03. The number of hydrogen-bond acceptors (Lipinski definition) is 7. The van der Waals surface area contributed by atoms with Gasteiger partial charge in [-0.1, -0.05) is 31.5 Å². The Morgan fingerprint density at radius 2 is 1.90 bits per heavy atom. The fourth-order valence-electron chi connectivity index (χ4n) is 3.89. The van der Waals surface area contributed by atoms with E-state index in [9.17, 15) is 23.6 Å². The summed E-state index contributed by atoms with van der Waals surface area (Å²) in [6.45, 7) is 3.89. The quantitative estimate of drug-likeness (QED) is 0.252. The number of aromatic nitrogens is 4. The SMILES string of the molecule is CC(C)Cc1ncc(F)c2nc(Cn3c(Cl)ccc(NC(=O)C(CCC=CC(=O)N(C)C)OC(=O)N(C)C)c3=O)[nH]c12. The van der Waals surface area contributed by atoms with Crippen molar-refractivity contribution in [3.05, 3.63) is 63.3 Å². The Labute approximate surface area is 247 Å². The topological polar surface area (TPSA) is 143 Å². The van der Waals surface area contributed by atoms with Crippen LogP contribution >= 0.6 is 11.6 Å². The van der Waals surface area contributed by atoms with Crippen molar-refractivity contribution in [3.63, 3.8) is 0 Å². The number of halogens is 2. The predicted molar refractivity (Wildman–Crippen MR) is 157 cm³/mol. The first-order chi connectivity index (χ1) is 19.8. The Kier molecular flexibility index (Phi) is 10.8. The highest BCUT2D eigenvalue weighted by Crippen LogP contribution is 2.21. The Bertz CT molecular complexity index is 1550. The zero-order valence-corrected chi connectivity index (χ0v) is 25.2. The van der Waals surface area contributed by atoms with E-state index in [-0.39, 0.29) is 53.4 Å². The second-order valence-electron chi connectivity index (χ2n) is 10.5. The maximum atomic E-state index is 14.5. The third-order valence-corrected chi connectivity index (χ3v) is 6.42. The number of rotatable bonds is 11. The zero-order valence-electron chi connectivity index (χ0n) is 24.4. The number of anilines is 1. The summed E-state index contributed by atoms with van der Waals surface area (Å²) in [7, 11) is 6.15. The molecule has 0 spiro atoms. The molecule has 0 saturated carbocycles. The van der Waals surface area contributed by atoms with Gasteiger partial charge in [-0.3, -0.25) is 23.9 Å². The van der Waals surface area contributed by atoms with Crippen molar-refractivity contribution in [2.75, 3.05) is 33.5 Å². The molecule has 2 N–H and O–H groups in total. The summed E-state index contributed by atoms with van der Waals surface area (Å²) >= 11 is 6.33. The second-order valence-corrected chi connectivity index (χ2v) is 10.9. The molecule has 0 aliphatic heterocycles. The summed E-state index contributed by atoms with van der Waals surface area (Å²) in [5.41, 5.74) is 0.443. The maximum Gasteiger partial charge on any atom is 0.410 e. The first-order valence-corrected chi connectivity index (χ1v) is 13.6. The first-order valence-electron chi connectivity index (χ1n) is 13.3. The van der Waals surface area contributed by atoms with E-state index in [4.69, 9.17) is 16.3 Å². The summed E-state index contributed by atoms with van der Waals surface area (Å²) in [4.78, 5) is 64.6. The number of imidazole rings is 1. The van der Waals surface area contributed by atoms with Gasteiger partial charge in [-0.2, -0.15) is 0 Å². The van der Waals surface area contributed by atoms with Gasteiger partial charge in [0.15, 0.2) is 11.9 Å². The molecule has 0 fully saturated rings. The van der Waals surface area contributed by atoms with Gasteiger partial charge in [-0.05, 0) is 43.4 Å². The van der Waals surface area contributed by atoms with E-state index in [2.05, 4.69) is 20.3 Å². The molecule has 0 bridgehead atoms. The molecule has 3 rings (SSSR count). The Morgan fingerprint density at radius 3 is 2.55 bits per heavy atom. The largest absolute Gasteiger partial charge is 0.436 e. The van der Waals surface area contributed by atoms with E-state index in [1.165, 1.54) is 46.7 Å². The number of aromatic amines is 1. The molecule has 3 aromatic rings. The standard InChI is InChI=1S/C28H35ClFN7O5/c1-16(2)13-19-25-24(17(30)14-31-19)33-22(34-25)15-37-21(29)12-11-18(27(37)40)32-26(39)20(42-28(41)36(5)6)9-7-8-10-23(38)35(3)4/h8,10-12,14,16,20H,7,9,13,15H2,1-6H3,(H,32,39)(H,33,34). The second kappa shape index (κ2) is 14.1. The lowest BCUT2D eigenvalue weighted by atomic mass is 10.1. The van der Waals surface area contributed by atoms with Crippen LogP contribution in [0.3, 0.4) is 0 Å². The molecule has 0 radical (unpaired) electrons. The molecular weight excluding hydrogens is 569 g/mol. The van der Waals surface area contributed by atoms with Gasteiger partial charge < -0.3 is 24.8 Å². The minimum Gasteiger partial charge on any atom is -0.436 e. The molecule has 3 aromatic heterocycles. The highest BCUT2D eigenvalue weighted by atomic mass is 35.5. The van der Waals surface area contributed by atoms with E-state index in [1.807, 2.05) is 13.8 Å². The molecule has 0 saturated heterocycles. The van der Waals surface area contributed by atoms with Gasteiger partial charge in [-0.15, -0.1) is 0 Å². The van der Waals surface area contributed by atoms with Gasteiger partial charge in [0.05, 0.1) is 24.0 Å². The van der Waals surface area contributed by atoms with E-state index in [0.29, 0.717) is 17.6 Å². The minimum atomic E-state index is -1.26. The van der Waals surface area contributed by atoms with Crippen molar-refractivity contribution in [1.82, 2.24) is 29.3 Å². The van der Waals surface area contributed by atoms with Crippen LogP contribution in [0.25, 0.3) is 11.0 Å². The number of nitrogens with one attached hydrogen (secondary N) is 2. The van der Waals surface area contributed by atoms with Crippen LogP contribution in [0.2, 0.25) is 5.15 Å². The van der Waals surface area contributed by atoms with Crippen molar-refractivity contribution in [2.45, 2.75) is 45.8 Å². The summed E-state index contributed by atoms with van der Waals surface area (Å²) in [6.07, 6.45) is 2.94. The number of carbonyl (C=O) groups excluding carboxylic acids is 3. The van der Waals surface area contributed by atoms with Crippen LogP contribution in [-0.4, -0.2) is 81.5 Å². The fourth-order valence-corrected chi connectivity index (χ4v) is 4.09. The lowest BCUT2D eigenvalue weighted by molar-refractivity contribution is -0.125. The van der Waals surface area contributed by atoms with E-state index < -0.39 is 29.5 Å². The molecule has 0 aliphatic carbocycles.